The van der Waals surface area contributed by atoms with Crippen molar-refractivity contribution < 1.29 is 19.4 Å². The van der Waals surface area contributed by atoms with Crippen LogP contribution in [0.3, 0.4) is 0 Å². The molecule has 0 aromatic carbocycles. The van der Waals surface area contributed by atoms with Crippen LogP contribution in [0.25, 0.3) is 0 Å². The van der Waals surface area contributed by atoms with Gasteiger partial charge in [-0.05, 0) is 50.4 Å². The quantitative estimate of drug-likeness (QED) is 0.226. The molecule has 1 fully saturated rings. The predicted octanol–water partition coefficient (Wildman–Crippen LogP) is 6.48. The molecule has 6 heteroatoms. The highest BCUT2D eigenvalue weighted by molar-refractivity contribution is 5.74. The third kappa shape index (κ3) is 13.2. The Morgan fingerprint density at radius 2 is 1.76 bits per heavy atom. The minimum absolute atomic E-state index is 0.0393. The van der Waals surface area contributed by atoms with Gasteiger partial charge in [-0.1, -0.05) is 72.6 Å². The molecule has 1 aliphatic carbocycles. The number of aliphatic carboxylic acids is 1. The lowest BCUT2D eigenvalue weighted by Crippen LogP contribution is -2.43. The monoisotopic (exact) mass is 468 g/mol. The van der Waals surface area contributed by atoms with Crippen LogP contribution < -0.4 is 5.32 Å². The van der Waals surface area contributed by atoms with Gasteiger partial charge in [0.25, 0.3) is 0 Å². The maximum absolute atomic E-state index is 12.6. The summed E-state index contributed by atoms with van der Waals surface area (Å²) < 4.78 is 6.23. The predicted molar refractivity (Wildman–Crippen MR) is 136 cm³/mol. The maximum atomic E-state index is 12.6. The van der Waals surface area contributed by atoms with E-state index in [1.165, 1.54) is 32.1 Å². The van der Waals surface area contributed by atoms with Crippen LogP contribution in [0.5, 0.6) is 0 Å². The van der Waals surface area contributed by atoms with Crippen LogP contribution in [-0.2, 0) is 9.53 Å². The number of carboxylic acid groups (broad SMARTS) is 1. The Hall–Kier alpha value is -1.30. The topological polar surface area (TPSA) is 78.9 Å². The van der Waals surface area contributed by atoms with Crippen LogP contribution in [-0.4, -0.2) is 54.4 Å². The number of hydrogen-bond acceptors (Lipinski definition) is 3. The first kappa shape index (κ1) is 29.7. The van der Waals surface area contributed by atoms with Gasteiger partial charge in [0.1, 0.15) is 0 Å². The average Bonchev–Trinajstić information content (AvgIpc) is 2.77. The van der Waals surface area contributed by atoms with Crippen LogP contribution in [0.15, 0.2) is 0 Å². The molecule has 0 aromatic rings. The number of hydrogen-bond donors (Lipinski definition) is 2. The van der Waals surface area contributed by atoms with E-state index < -0.39 is 5.97 Å². The molecule has 0 radical (unpaired) electrons. The summed E-state index contributed by atoms with van der Waals surface area (Å²) in [7, 11) is 0. The first-order valence-corrected chi connectivity index (χ1v) is 13.8. The van der Waals surface area contributed by atoms with Gasteiger partial charge in [-0.3, -0.25) is 4.79 Å². The molecule has 1 saturated carbocycles. The lowest BCUT2D eigenvalue weighted by atomic mass is 9.81. The first-order valence-electron chi connectivity index (χ1n) is 13.8. The number of nitrogens with zero attached hydrogens (tertiary/aromatic N) is 1. The minimum atomic E-state index is -0.666. The number of rotatable bonds is 18. The number of amides is 2. The van der Waals surface area contributed by atoms with Crippen molar-refractivity contribution in [1.82, 2.24) is 10.2 Å². The largest absolute Gasteiger partial charge is 0.481 e. The van der Waals surface area contributed by atoms with Crippen LogP contribution in [0, 0.1) is 17.8 Å². The molecule has 0 aromatic heterocycles. The highest BCUT2D eigenvalue weighted by Crippen LogP contribution is 2.32. The molecule has 0 spiro atoms. The molecule has 2 N–H and O–H groups in total. The number of unbranched alkanes of at least 4 members (excludes halogenated alkanes) is 5. The lowest BCUT2D eigenvalue weighted by Gasteiger charge is -2.31. The van der Waals surface area contributed by atoms with Crippen LogP contribution in [0.2, 0.25) is 0 Å². The molecule has 0 bridgehead atoms. The van der Waals surface area contributed by atoms with Gasteiger partial charge >= 0.3 is 12.0 Å². The van der Waals surface area contributed by atoms with Crippen molar-refractivity contribution in [3.05, 3.63) is 0 Å². The zero-order valence-corrected chi connectivity index (χ0v) is 21.9. The number of urea groups is 1. The third-order valence-electron chi connectivity index (χ3n) is 7.08. The Balaban J connectivity index is 2.43. The van der Waals surface area contributed by atoms with E-state index in [0.29, 0.717) is 19.1 Å². The zero-order valence-electron chi connectivity index (χ0n) is 21.9. The van der Waals surface area contributed by atoms with E-state index in [2.05, 4.69) is 19.2 Å². The van der Waals surface area contributed by atoms with Crippen LogP contribution >= 0.6 is 0 Å². The van der Waals surface area contributed by atoms with Crippen molar-refractivity contribution in [3.63, 3.8) is 0 Å². The molecule has 33 heavy (non-hydrogen) atoms. The second-order valence-electron chi connectivity index (χ2n) is 10.3. The Morgan fingerprint density at radius 1 is 1.03 bits per heavy atom. The maximum Gasteiger partial charge on any atom is 0.317 e. The lowest BCUT2D eigenvalue weighted by molar-refractivity contribution is -0.143. The highest BCUT2D eigenvalue weighted by Gasteiger charge is 2.27. The zero-order chi connectivity index (χ0) is 24.5. The molecule has 1 aliphatic rings. The fourth-order valence-corrected chi connectivity index (χ4v) is 4.85. The second-order valence-corrected chi connectivity index (χ2v) is 10.3. The van der Waals surface area contributed by atoms with Gasteiger partial charge in [0.2, 0.25) is 0 Å². The smallest absolute Gasteiger partial charge is 0.317 e. The number of carbonyl (C=O) groups excluding carboxylic acids is 1. The van der Waals surface area contributed by atoms with Crippen molar-refractivity contribution >= 4 is 12.0 Å². The summed E-state index contributed by atoms with van der Waals surface area (Å²) in [5, 5.41) is 12.5. The SMILES string of the molecule is CCCCCCCN(CCO[C@H]1CCC[C@@H](CCC(C(=O)O)C(C)C)C1)C(=O)NCCCC. The van der Waals surface area contributed by atoms with E-state index in [1.807, 2.05) is 18.7 Å². The van der Waals surface area contributed by atoms with Gasteiger partial charge in [0.05, 0.1) is 18.6 Å². The van der Waals surface area contributed by atoms with Crippen LogP contribution in [0.1, 0.15) is 111 Å². The summed E-state index contributed by atoms with van der Waals surface area (Å²) in [5.74, 6) is -0.185. The van der Waals surface area contributed by atoms with Gasteiger partial charge in [0.15, 0.2) is 0 Å². The third-order valence-corrected chi connectivity index (χ3v) is 7.08. The molecule has 2 amide bonds. The molecule has 1 unspecified atom stereocenters. The molecule has 0 saturated heterocycles. The molecule has 0 aliphatic heterocycles. The summed E-state index contributed by atoms with van der Waals surface area (Å²) in [6.45, 7) is 11.1. The summed E-state index contributed by atoms with van der Waals surface area (Å²) in [4.78, 5) is 26.1. The second kappa shape index (κ2) is 18.1. The molecule has 3 atom stereocenters. The number of carbonyl (C=O) groups is 2. The number of carboxylic acids is 1. The Bertz CT molecular complexity index is 526. The van der Waals surface area contributed by atoms with E-state index in [0.717, 1.165) is 64.5 Å². The van der Waals surface area contributed by atoms with Gasteiger partial charge in [-0.2, -0.15) is 0 Å². The van der Waals surface area contributed by atoms with Gasteiger partial charge in [-0.25, -0.2) is 4.79 Å². The fraction of sp³-hybridized carbons (Fsp3) is 0.926. The molecule has 1 rings (SSSR count). The molecular weight excluding hydrogens is 416 g/mol. The summed E-state index contributed by atoms with van der Waals surface area (Å²) >= 11 is 0. The van der Waals surface area contributed by atoms with Crippen molar-refractivity contribution in [2.24, 2.45) is 17.8 Å². The van der Waals surface area contributed by atoms with Gasteiger partial charge < -0.3 is 20.1 Å². The van der Waals surface area contributed by atoms with E-state index in [4.69, 9.17) is 4.74 Å². The van der Waals surface area contributed by atoms with Crippen molar-refractivity contribution in [2.45, 2.75) is 117 Å². The highest BCUT2D eigenvalue weighted by atomic mass is 16.5. The average molecular weight is 469 g/mol. The van der Waals surface area contributed by atoms with E-state index in [-0.39, 0.29) is 24.0 Å². The van der Waals surface area contributed by atoms with Crippen molar-refractivity contribution in [3.8, 4) is 0 Å². The standard InChI is InChI=1S/C27H52N2O4/c1-5-7-9-10-11-18-29(27(32)28-17-8-6-2)19-20-33-24-14-12-13-23(21-24)15-16-25(22(3)4)26(30)31/h22-25H,5-21H2,1-4H3,(H,28,32)(H,30,31)/t23-,24-,25?/m0/s1. The normalized spacial score (nSPS) is 19.4. The summed E-state index contributed by atoms with van der Waals surface area (Å²) in [5.41, 5.74) is 0. The summed E-state index contributed by atoms with van der Waals surface area (Å²) in [6, 6.07) is 0.0393. The van der Waals surface area contributed by atoms with Crippen molar-refractivity contribution in [2.75, 3.05) is 26.2 Å². The number of nitrogens with one attached hydrogen (secondary N) is 1. The van der Waals surface area contributed by atoms with Crippen LogP contribution in [0.4, 0.5) is 4.79 Å². The van der Waals surface area contributed by atoms with Gasteiger partial charge in [0, 0.05) is 19.6 Å². The van der Waals surface area contributed by atoms with E-state index >= 15 is 0 Å². The first-order chi connectivity index (χ1) is 15.9. The Labute approximate surface area is 203 Å². The number of ether oxygens (including phenoxy) is 1. The molecular formula is C27H52N2O4. The molecule has 194 valence electrons. The van der Waals surface area contributed by atoms with E-state index in [1.54, 1.807) is 0 Å². The Morgan fingerprint density at radius 3 is 2.42 bits per heavy atom. The minimum Gasteiger partial charge on any atom is -0.481 e. The molecule has 6 nitrogen and oxygen atoms in total. The van der Waals surface area contributed by atoms with Crippen molar-refractivity contribution in [1.29, 1.82) is 0 Å². The van der Waals surface area contributed by atoms with E-state index in [9.17, 15) is 14.7 Å². The Kier molecular flexibility index (Phi) is 16.3. The van der Waals surface area contributed by atoms with Gasteiger partial charge in [-0.15, -0.1) is 0 Å². The fourth-order valence-electron chi connectivity index (χ4n) is 4.85. The molecule has 0 heterocycles. The summed E-state index contributed by atoms with van der Waals surface area (Å²) in [6.07, 6.45) is 14.4.